The lowest BCUT2D eigenvalue weighted by molar-refractivity contribution is -0.141. The molecule has 12 heteroatoms. The third-order valence-corrected chi connectivity index (χ3v) is 9.79. The van der Waals surface area contributed by atoms with Crippen molar-refractivity contribution in [3.8, 4) is 34.5 Å². The molecule has 4 aromatic carbocycles. The predicted octanol–water partition coefficient (Wildman–Crippen LogP) is 6.03. The molecule has 1 aliphatic carbocycles. The van der Waals surface area contributed by atoms with E-state index in [0.717, 1.165) is 22.3 Å². The van der Waals surface area contributed by atoms with Crippen LogP contribution in [0.1, 0.15) is 50.3 Å². The summed E-state index contributed by atoms with van der Waals surface area (Å²) in [7, 11) is 4.67. The van der Waals surface area contributed by atoms with E-state index in [2.05, 4.69) is 10.3 Å². The van der Waals surface area contributed by atoms with E-state index in [1.54, 1.807) is 62.4 Å². The maximum absolute atomic E-state index is 13.6. The van der Waals surface area contributed by atoms with Crippen LogP contribution in [-0.4, -0.2) is 61.5 Å². The molecule has 8 rings (SSSR count). The van der Waals surface area contributed by atoms with Crippen molar-refractivity contribution in [3.05, 3.63) is 125 Å². The number of fused-ring (bicyclic) bond motifs is 3. The SMILES string of the molecule is COc1cc([C@@H]2c3cc4c(cc3[C@@H](n3cc(COc5ccc(C(=O)/C=C/c6ccccc6)cc5)nn3)[C@H]3COC(=O)[C@H]23)OCO4)cc(OC)c1OC. The second-order valence-electron chi connectivity index (χ2n) is 12.6. The van der Waals surface area contributed by atoms with Gasteiger partial charge in [-0.15, -0.1) is 5.10 Å². The Morgan fingerprint density at radius 2 is 1.60 bits per heavy atom. The van der Waals surface area contributed by atoms with E-state index >= 15 is 0 Å². The Kier molecular flexibility index (Phi) is 8.71. The molecule has 4 atom stereocenters. The van der Waals surface area contributed by atoms with Crippen molar-refractivity contribution < 1.29 is 42.7 Å². The number of ketones is 1. The highest BCUT2D eigenvalue weighted by Crippen LogP contribution is 2.56. The number of carbonyl (C=O) groups is 2. The Labute approximate surface area is 299 Å². The van der Waals surface area contributed by atoms with Crippen LogP contribution in [0.15, 0.2) is 91.1 Å². The summed E-state index contributed by atoms with van der Waals surface area (Å²) < 4.78 is 42.1. The van der Waals surface area contributed by atoms with E-state index in [-0.39, 0.29) is 37.7 Å². The van der Waals surface area contributed by atoms with Crippen molar-refractivity contribution in [1.82, 2.24) is 15.0 Å². The van der Waals surface area contributed by atoms with Crippen molar-refractivity contribution in [2.24, 2.45) is 11.8 Å². The van der Waals surface area contributed by atoms with Gasteiger partial charge < -0.3 is 33.2 Å². The quantitative estimate of drug-likeness (QED) is 0.0909. The van der Waals surface area contributed by atoms with E-state index in [9.17, 15) is 9.59 Å². The Balaban J connectivity index is 1.08. The molecule has 0 saturated carbocycles. The number of nitrogens with zero attached hydrogens (tertiary/aromatic N) is 3. The number of rotatable bonds is 11. The number of carbonyl (C=O) groups excluding carboxylic acids is 2. The topological polar surface area (TPSA) is 129 Å². The first-order valence-electron chi connectivity index (χ1n) is 16.8. The van der Waals surface area contributed by atoms with Crippen LogP contribution in [0.5, 0.6) is 34.5 Å². The minimum Gasteiger partial charge on any atom is -0.493 e. The summed E-state index contributed by atoms with van der Waals surface area (Å²) >= 11 is 0. The number of methoxy groups -OCH3 is 3. The molecule has 1 fully saturated rings. The van der Waals surface area contributed by atoms with Gasteiger partial charge in [-0.3, -0.25) is 9.59 Å². The summed E-state index contributed by atoms with van der Waals surface area (Å²) in [6, 6.07) is 23.9. The van der Waals surface area contributed by atoms with Crippen LogP contribution in [0.25, 0.3) is 6.08 Å². The lowest BCUT2D eigenvalue weighted by Crippen LogP contribution is -2.37. The van der Waals surface area contributed by atoms with Gasteiger partial charge in [-0.1, -0.05) is 41.6 Å². The zero-order chi connectivity index (χ0) is 35.8. The number of allylic oxidation sites excluding steroid dienone is 1. The van der Waals surface area contributed by atoms with Gasteiger partial charge in [0.1, 0.15) is 18.1 Å². The molecule has 0 radical (unpaired) electrons. The predicted molar refractivity (Wildman–Crippen MR) is 187 cm³/mol. The van der Waals surface area contributed by atoms with Gasteiger partial charge in [0, 0.05) is 17.4 Å². The second kappa shape index (κ2) is 13.8. The second-order valence-corrected chi connectivity index (χ2v) is 12.6. The van der Waals surface area contributed by atoms with Crippen LogP contribution < -0.4 is 28.4 Å². The number of benzene rings is 4. The van der Waals surface area contributed by atoms with Crippen molar-refractivity contribution >= 4 is 17.8 Å². The fourth-order valence-electron chi connectivity index (χ4n) is 7.37. The lowest BCUT2D eigenvalue weighted by atomic mass is 9.65. The Hall–Kier alpha value is -6.30. The van der Waals surface area contributed by atoms with Gasteiger partial charge in [-0.2, -0.15) is 0 Å². The highest BCUT2D eigenvalue weighted by atomic mass is 16.7. The molecule has 0 bridgehead atoms. The highest BCUT2D eigenvalue weighted by molar-refractivity contribution is 6.06. The van der Waals surface area contributed by atoms with Crippen LogP contribution in [0.3, 0.4) is 0 Å². The van der Waals surface area contributed by atoms with Gasteiger partial charge in [0.05, 0.1) is 46.1 Å². The number of hydrogen-bond acceptors (Lipinski definition) is 11. The number of esters is 1. The van der Waals surface area contributed by atoms with E-state index in [0.29, 0.717) is 45.8 Å². The van der Waals surface area contributed by atoms with E-state index in [4.69, 9.17) is 33.2 Å². The van der Waals surface area contributed by atoms with Gasteiger partial charge in [0.25, 0.3) is 0 Å². The summed E-state index contributed by atoms with van der Waals surface area (Å²) in [5.41, 5.74) is 4.66. The molecule has 5 aromatic rings. The van der Waals surface area contributed by atoms with E-state index in [1.807, 2.05) is 60.8 Å². The van der Waals surface area contributed by atoms with Gasteiger partial charge in [0.15, 0.2) is 28.8 Å². The molecule has 1 aromatic heterocycles. The Bertz CT molecular complexity index is 2140. The van der Waals surface area contributed by atoms with Crippen LogP contribution in [0, 0.1) is 11.8 Å². The van der Waals surface area contributed by atoms with Gasteiger partial charge in [-0.05, 0) is 76.9 Å². The summed E-state index contributed by atoms with van der Waals surface area (Å²) in [6.07, 6.45) is 5.17. The largest absolute Gasteiger partial charge is 0.493 e. The molecule has 2 aliphatic heterocycles. The third kappa shape index (κ3) is 5.95. The molecule has 0 spiro atoms. The summed E-state index contributed by atoms with van der Waals surface area (Å²) in [4.78, 5) is 26.3. The minimum absolute atomic E-state index is 0.0942. The minimum atomic E-state index is -0.562. The van der Waals surface area contributed by atoms with Crippen molar-refractivity contribution in [2.45, 2.75) is 18.6 Å². The van der Waals surface area contributed by atoms with Crippen molar-refractivity contribution in [3.63, 3.8) is 0 Å². The highest BCUT2D eigenvalue weighted by Gasteiger charge is 2.53. The van der Waals surface area contributed by atoms with Crippen LogP contribution in [0.2, 0.25) is 0 Å². The molecule has 0 amide bonds. The summed E-state index contributed by atoms with van der Waals surface area (Å²) in [5.74, 6) is 1.50. The lowest BCUT2D eigenvalue weighted by Gasteiger charge is -2.39. The average Bonchev–Trinajstić information content (AvgIpc) is 3.95. The van der Waals surface area contributed by atoms with E-state index in [1.165, 1.54) is 0 Å². The first-order chi connectivity index (χ1) is 25.4. The summed E-state index contributed by atoms with van der Waals surface area (Å²) in [6.45, 7) is 0.427. The summed E-state index contributed by atoms with van der Waals surface area (Å²) in [5, 5.41) is 8.95. The maximum Gasteiger partial charge on any atom is 0.310 e. The molecule has 264 valence electrons. The van der Waals surface area contributed by atoms with Crippen LogP contribution in [0.4, 0.5) is 0 Å². The number of ether oxygens (including phenoxy) is 7. The normalized spacial score (nSPS) is 19.9. The Morgan fingerprint density at radius 1 is 0.885 bits per heavy atom. The van der Waals surface area contributed by atoms with Crippen molar-refractivity contribution in [1.29, 1.82) is 0 Å². The molecule has 0 N–H and O–H groups in total. The zero-order valence-electron chi connectivity index (χ0n) is 28.7. The van der Waals surface area contributed by atoms with Gasteiger partial charge in [0.2, 0.25) is 12.5 Å². The smallest absolute Gasteiger partial charge is 0.310 e. The molecular formula is C40H35N3O9. The van der Waals surface area contributed by atoms with Gasteiger partial charge >= 0.3 is 5.97 Å². The molecular weight excluding hydrogens is 666 g/mol. The monoisotopic (exact) mass is 701 g/mol. The molecule has 1 saturated heterocycles. The first kappa shape index (κ1) is 32.9. The van der Waals surface area contributed by atoms with E-state index < -0.39 is 17.9 Å². The van der Waals surface area contributed by atoms with Crippen LogP contribution >= 0.6 is 0 Å². The standard InChI is InChI=1S/C40H35N3O9/c1-46-34-15-25(16-35(47-2)39(34)48-3)36-28-17-32-33(52-22-51-32)18-29(28)38(30-21-50-40(45)37(30)36)43-19-26(41-42-43)20-49-27-12-10-24(11-13-27)31(44)14-9-23-7-5-4-6-8-23/h4-19,30,36-38H,20-22H2,1-3H3/b14-9+/t30-,36+,37-,38+/m0/s1. The average molecular weight is 702 g/mol. The maximum atomic E-state index is 13.6. The third-order valence-electron chi connectivity index (χ3n) is 9.79. The first-order valence-corrected chi connectivity index (χ1v) is 16.8. The molecule has 3 heterocycles. The fourth-order valence-corrected chi connectivity index (χ4v) is 7.37. The Morgan fingerprint density at radius 3 is 2.29 bits per heavy atom. The molecule has 0 unspecified atom stereocenters. The fraction of sp³-hybridized carbons (Fsp3) is 0.250. The number of hydrogen-bond donors (Lipinski definition) is 0. The van der Waals surface area contributed by atoms with Gasteiger partial charge in [-0.25, -0.2) is 4.68 Å². The van der Waals surface area contributed by atoms with Crippen LogP contribution in [-0.2, 0) is 16.1 Å². The van der Waals surface area contributed by atoms with Crippen molar-refractivity contribution in [2.75, 3.05) is 34.7 Å². The molecule has 12 nitrogen and oxygen atoms in total. The number of cyclic esters (lactones) is 1. The molecule has 3 aliphatic rings. The zero-order valence-corrected chi connectivity index (χ0v) is 28.7. The molecule has 52 heavy (non-hydrogen) atoms. The number of aromatic nitrogens is 3.